The predicted molar refractivity (Wildman–Crippen MR) is 44.4 cm³/mol. The molecule has 0 atom stereocenters. The second-order valence-electron chi connectivity index (χ2n) is 2.32. The molecule has 0 radical (unpaired) electrons. The molecule has 72 valence electrons. The topological polar surface area (TPSA) is 91.7 Å². The summed E-state index contributed by atoms with van der Waals surface area (Å²) in [4.78, 5) is 9.57. The molecule has 0 aromatic heterocycles. The Morgan fingerprint density at radius 1 is 1.36 bits per heavy atom. The van der Waals surface area contributed by atoms with Crippen molar-refractivity contribution in [3.63, 3.8) is 0 Å². The van der Waals surface area contributed by atoms with Gasteiger partial charge in [-0.1, -0.05) is 0 Å². The second kappa shape index (κ2) is 4.90. The molecule has 0 bridgehead atoms. The van der Waals surface area contributed by atoms with Crippen LogP contribution in [-0.2, 0) is 10.1 Å². The van der Waals surface area contributed by atoms with Gasteiger partial charge in [0.1, 0.15) is 16.9 Å². The molecule has 0 unspecified atom stereocenters. The number of carbonyl (C=O) groups is 1. The third kappa shape index (κ3) is 3.07. The van der Waals surface area contributed by atoms with E-state index in [1.54, 1.807) is 0 Å². The zero-order valence-corrected chi connectivity index (χ0v) is 10.2. The minimum Gasteiger partial charge on any atom is -1.00 e. The largest absolute Gasteiger partial charge is 1.00 e. The van der Waals surface area contributed by atoms with Gasteiger partial charge in [-0.25, -0.2) is 0 Å². The van der Waals surface area contributed by atoms with Crippen molar-refractivity contribution in [2.45, 2.75) is 4.90 Å². The summed E-state index contributed by atoms with van der Waals surface area (Å²) >= 11 is 0. The summed E-state index contributed by atoms with van der Waals surface area (Å²) in [5.74, 6) is -0.590. The fourth-order valence-corrected chi connectivity index (χ4v) is 1.43. The molecule has 1 aromatic rings. The first-order valence-corrected chi connectivity index (χ1v) is 4.65. The van der Waals surface area contributed by atoms with Crippen LogP contribution in [0.5, 0.6) is 5.75 Å². The molecule has 0 heterocycles. The number of carbonyl (C=O) groups excluding carboxylic acids is 1. The van der Waals surface area contributed by atoms with Gasteiger partial charge in [0.2, 0.25) is 0 Å². The van der Waals surface area contributed by atoms with E-state index >= 15 is 0 Å². The van der Waals surface area contributed by atoms with E-state index in [1.807, 2.05) is 0 Å². The third-order valence-corrected chi connectivity index (χ3v) is 2.28. The Morgan fingerprint density at radius 2 is 1.93 bits per heavy atom. The molecule has 7 heteroatoms. The van der Waals surface area contributed by atoms with Crippen molar-refractivity contribution in [3.05, 3.63) is 23.8 Å². The van der Waals surface area contributed by atoms with E-state index in [0.29, 0.717) is 6.29 Å². The maximum atomic E-state index is 10.6. The fourth-order valence-electron chi connectivity index (χ4n) is 0.811. The molecule has 0 saturated heterocycles. The van der Waals surface area contributed by atoms with Gasteiger partial charge < -0.3 is 6.53 Å². The fraction of sp³-hybridized carbons (Fsp3) is 0. The number of aldehydes is 1. The number of phenolic OH excluding ortho intramolecular Hbond substituents is 1. The summed E-state index contributed by atoms with van der Waals surface area (Å²) in [6.45, 7) is 0. The molecule has 0 aliphatic heterocycles. The summed E-state index contributed by atoms with van der Waals surface area (Å²) < 4.78 is 29.8. The zero-order valence-electron chi connectivity index (χ0n) is 8.34. The maximum absolute atomic E-state index is 10.6. The molecule has 0 spiro atoms. The first-order chi connectivity index (χ1) is 5.95. The van der Waals surface area contributed by atoms with Crippen LogP contribution in [0.2, 0.25) is 0 Å². The molecular weight excluding hydrogens is 219 g/mol. The van der Waals surface area contributed by atoms with E-state index in [2.05, 4.69) is 0 Å². The third-order valence-electron chi connectivity index (χ3n) is 1.40. The number of hydrogen-bond donors (Lipinski definition) is 2. The van der Waals surface area contributed by atoms with Crippen LogP contribution in [-0.4, -0.2) is 24.4 Å². The Labute approximate surface area is 104 Å². The van der Waals surface area contributed by atoms with Gasteiger partial charge in [-0.2, -0.15) is 8.42 Å². The average molecular weight is 226 g/mol. The van der Waals surface area contributed by atoms with E-state index in [1.165, 1.54) is 6.07 Å². The van der Waals surface area contributed by atoms with Crippen LogP contribution >= 0.6 is 0 Å². The van der Waals surface area contributed by atoms with Gasteiger partial charge in [-0.15, -0.1) is 0 Å². The standard InChI is InChI=1S/C7H6O5S.Na.H/c8-4-5-1-2-6(9)7(3-5)13(10,11)12;;/h1-4,9H,(H,10,11,12);;/q;+1;-1. The zero-order chi connectivity index (χ0) is 10.1. The van der Waals surface area contributed by atoms with Crippen LogP contribution in [0, 0.1) is 0 Å². The van der Waals surface area contributed by atoms with Crippen molar-refractivity contribution >= 4 is 16.4 Å². The minimum atomic E-state index is -4.47. The molecule has 2 N–H and O–H groups in total. The summed E-state index contributed by atoms with van der Waals surface area (Å²) in [6.07, 6.45) is 0.411. The minimum absolute atomic E-state index is 0. The van der Waals surface area contributed by atoms with Gasteiger partial charge in [0, 0.05) is 5.56 Å². The second-order valence-corrected chi connectivity index (χ2v) is 3.71. The molecule has 0 aliphatic carbocycles. The summed E-state index contributed by atoms with van der Waals surface area (Å²) in [7, 11) is -4.47. The van der Waals surface area contributed by atoms with Crippen LogP contribution in [0.25, 0.3) is 0 Å². The molecule has 0 fully saturated rings. The van der Waals surface area contributed by atoms with Crippen LogP contribution < -0.4 is 29.6 Å². The number of hydrogen-bond acceptors (Lipinski definition) is 4. The van der Waals surface area contributed by atoms with Crippen molar-refractivity contribution in [1.29, 1.82) is 0 Å². The Balaban J connectivity index is 0. The van der Waals surface area contributed by atoms with Crippen LogP contribution in [0.3, 0.4) is 0 Å². The van der Waals surface area contributed by atoms with Crippen molar-refractivity contribution in [2.24, 2.45) is 0 Å². The van der Waals surface area contributed by atoms with Crippen LogP contribution in [0.4, 0.5) is 0 Å². The SMILES string of the molecule is O=Cc1ccc(O)c(S(=O)(=O)O)c1.[H-].[Na+]. The van der Waals surface area contributed by atoms with Gasteiger partial charge in [-0.05, 0) is 18.2 Å². The molecule has 0 aliphatic rings. The van der Waals surface area contributed by atoms with Crippen LogP contribution in [0.1, 0.15) is 11.8 Å². The first-order valence-electron chi connectivity index (χ1n) is 3.21. The van der Waals surface area contributed by atoms with Gasteiger partial charge in [-0.3, -0.25) is 9.35 Å². The van der Waals surface area contributed by atoms with Crippen LogP contribution in [0.15, 0.2) is 23.1 Å². The Bertz CT molecular complexity index is 445. The quantitative estimate of drug-likeness (QED) is 0.332. The normalized spacial score (nSPS) is 10.4. The van der Waals surface area contributed by atoms with E-state index in [9.17, 15) is 13.2 Å². The molecule has 0 amide bonds. The van der Waals surface area contributed by atoms with Crippen molar-refractivity contribution < 1.29 is 53.9 Å². The summed E-state index contributed by atoms with van der Waals surface area (Å²) in [6, 6.07) is 3.14. The Kier molecular flexibility index (Phi) is 4.76. The average Bonchev–Trinajstić information content (AvgIpc) is 2.03. The molecule has 1 aromatic carbocycles. The van der Waals surface area contributed by atoms with E-state index in [4.69, 9.17) is 9.66 Å². The molecule has 5 nitrogen and oxygen atoms in total. The molecule has 1 rings (SSSR count). The number of phenols is 1. The first kappa shape index (κ1) is 13.6. The van der Waals surface area contributed by atoms with E-state index in [-0.39, 0.29) is 36.5 Å². The van der Waals surface area contributed by atoms with Gasteiger partial charge in [0.05, 0.1) is 0 Å². The number of benzene rings is 1. The van der Waals surface area contributed by atoms with Crippen molar-refractivity contribution in [1.82, 2.24) is 0 Å². The summed E-state index contributed by atoms with van der Waals surface area (Å²) in [5.41, 5.74) is 0.0606. The van der Waals surface area contributed by atoms with Crippen molar-refractivity contribution in [2.75, 3.05) is 0 Å². The number of aromatic hydroxyl groups is 1. The van der Waals surface area contributed by atoms with Gasteiger partial charge in [0.15, 0.2) is 0 Å². The monoisotopic (exact) mass is 226 g/mol. The van der Waals surface area contributed by atoms with Crippen molar-refractivity contribution in [3.8, 4) is 5.75 Å². The van der Waals surface area contributed by atoms with Gasteiger partial charge >= 0.3 is 29.6 Å². The molecule has 0 saturated carbocycles. The predicted octanol–water partition coefficient (Wildman–Crippen LogP) is -2.43. The maximum Gasteiger partial charge on any atom is 1.00 e. The van der Waals surface area contributed by atoms with E-state index in [0.717, 1.165) is 12.1 Å². The molecular formula is C7H7NaO5S. The van der Waals surface area contributed by atoms with E-state index < -0.39 is 20.8 Å². The smallest absolute Gasteiger partial charge is 1.00 e. The Hall–Kier alpha value is -0.400. The van der Waals surface area contributed by atoms with Gasteiger partial charge in [0.25, 0.3) is 10.1 Å². The Morgan fingerprint density at radius 3 is 2.36 bits per heavy atom. The summed E-state index contributed by atoms with van der Waals surface area (Å²) in [5, 5.41) is 9.01. The number of rotatable bonds is 2. The molecule has 14 heavy (non-hydrogen) atoms.